The molecular formula is C29H37N5. The molecule has 3 heterocycles. The van der Waals surface area contributed by atoms with E-state index in [0.717, 1.165) is 46.6 Å². The van der Waals surface area contributed by atoms with Crippen LogP contribution in [-0.4, -0.2) is 28.8 Å². The van der Waals surface area contributed by atoms with E-state index in [4.69, 9.17) is 10.4 Å². The average Bonchev–Trinajstić information content (AvgIpc) is 3.58. The minimum atomic E-state index is 0.324. The van der Waals surface area contributed by atoms with Gasteiger partial charge in [-0.2, -0.15) is 0 Å². The minimum Gasteiger partial charge on any atom is -0.353 e. The van der Waals surface area contributed by atoms with Gasteiger partial charge in [-0.15, -0.1) is 5.92 Å². The average molecular weight is 456 g/mol. The first-order valence-electron chi connectivity index (χ1n) is 12.6. The lowest BCUT2D eigenvalue weighted by molar-refractivity contribution is 0.0440. The summed E-state index contributed by atoms with van der Waals surface area (Å²) in [5.74, 6) is 9.58. The van der Waals surface area contributed by atoms with Gasteiger partial charge in [0.05, 0.1) is 0 Å². The van der Waals surface area contributed by atoms with E-state index in [-0.39, 0.29) is 0 Å². The Bertz CT molecular complexity index is 1160. The number of nitrogens with zero attached hydrogens (tertiary/aromatic N) is 3. The molecule has 1 unspecified atom stereocenters. The van der Waals surface area contributed by atoms with Crippen molar-refractivity contribution < 1.29 is 0 Å². The number of aryl methyl sites for hydroxylation is 1. The predicted molar refractivity (Wildman–Crippen MR) is 140 cm³/mol. The molecule has 1 aromatic heterocycles. The van der Waals surface area contributed by atoms with Crippen molar-refractivity contribution in [2.75, 3.05) is 16.8 Å². The predicted octanol–water partition coefficient (Wildman–Crippen LogP) is 6.35. The summed E-state index contributed by atoms with van der Waals surface area (Å²) in [6.45, 7) is 12.0. The van der Waals surface area contributed by atoms with Gasteiger partial charge in [-0.25, -0.2) is 9.97 Å². The summed E-state index contributed by atoms with van der Waals surface area (Å²) in [5, 5.41) is 10.9. The fraction of sp³-hybridized carbons (Fsp3) is 0.552. The largest absolute Gasteiger partial charge is 0.353 e. The number of benzene rings is 1. The number of para-hydroxylation sites is 1. The zero-order chi connectivity index (χ0) is 24.1. The Morgan fingerprint density at radius 1 is 1.15 bits per heavy atom. The number of hydrogen-bond acceptors (Lipinski definition) is 5. The van der Waals surface area contributed by atoms with Crippen LogP contribution in [0.1, 0.15) is 71.2 Å². The minimum absolute atomic E-state index is 0.324. The highest BCUT2D eigenvalue weighted by molar-refractivity contribution is 5.87. The summed E-state index contributed by atoms with van der Waals surface area (Å²) in [4.78, 5) is 11.7. The van der Waals surface area contributed by atoms with Gasteiger partial charge in [0, 0.05) is 42.0 Å². The Morgan fingerprint density at radius 2 is 1.88 bits per heavy atom. The first-order chi connectivity index (χ1) is 16.2. The van der Waals surface area contributed by atoms with Crippen LogP contribution in [0.15, 0.2) is 30.3 Å². The SMILES string of the molecule is CC#CC1CC12CC2.Cc1nc(Nc2ccccc2C=N)cc(N2CC3(C(C)(C)C)CC2C3)n1. The molecule has 2 aromatic rings. The number of rotatable bonds is 4. The van der Waals surface area contributed by atoms with Gasteiger partial charge in [0.2, 0.25) is 0 Å². The molecule has 34 heavy (non-hydrogen) atoms. The molecule has 5 fully saturated rings. The summed E-state index contributed by atoms with van der Waals surface area (Å²) >= 11 is 0. The van der Waals surface area contributed by atoms with E-state index in [9.17, 15) is 0 Å². The van der Waals surface area contributed by atoms with Crippen LogP contribution in [0.5, 0.6) is 0 Å². The first kappa shape index (κ1) is 22.9. The Kier molecular flexibility index (Phi) is 5.47. The molecule has 2 bridgehead atoms. The lowest BCUT2D eigenvalue weighted by Crippen LogP contribution is -2.44. The summed E-state index contributed by atoms with van der Waals surface area (Å²) in [6.07, 6.45) is 8.23. The molecule has 2 N–H and O–H groups in total. The maximum absolute atomic E-state index is 7.58. The number of anilines is 3. The van der Waals surface area contributed by atoms with Crippen molar-refractivity contribution in [1.29, 1.82) is 5.41 Å². The van der Waals surface area contributed by atoms with E-state index in [1.54, 1.807) is 0 Å². The van der Waals surface area contributed by atoms with E-state index >= 15 is 0 Å². The Labute approximate surface area is 204 Å². The second kappa shape index (κ2) is 8.12. The van der Waals surface area contributed by atoms with Gasteiger partial charge >= 0.3 is 0 Å². The second-order valence-corrected chi connectivity index (χ2v) is 11.7. The summed E-state index contributed by atoms with van der Waals surface area (Å²) < 4.78 is 0. The third kappa shape index (κ3) is 4.08. The van der Waals surface area contributed by atoms with Crippen molar-refractivity contribution >= 4 is 23.5 Å². The van der Waals surface area contributed by atoms with Crippen molar-refractivity contribution in [1.82, 2.24) is 9.97 Å². The highest BCUT2D eigenvalue weighted by atomic mass is 15.3. The van der Waals surface area contributed by atoms with Crippen LogP contribution in [0.3, 0.4) is 0 Å². The summed E-state index contributed by atoms with van der Waals surface area (Å²) in [7, 11) is 0. The van der Waals surface area contributed by atoms with Crippen LogP contribution in [0.4, 0.5) is 17.3 Å². The van der Waals surface area contributed by atoms with Crippen molar-refractivity contribution in [3.63, 3.8) is 0 Å². The maximum atomic E-state index is 7.58. The first-order valence-corrected chi connectivity index (χ1v) is 12.6. The molecule has 0 amide bonds. The molecule has 2 saturated heterocycles. The van der Waals surface area contributed by atoms with Gasteiger partial charge in [-0.3, -0.25) is 0 Å². The van der Waals surface area contributed by atoms with Crippen LogP contribution in [0.25, 0.3) is 0 Å². The van der Waals surface area contributed by atoms with Crippen molar-refractivity contribution in [3.05, 3.63) is 41.7 Å². The lowest BCUT2D eigenvalue weighted by atomic mass is 9.56. The zero-order valence-electron chi connectivity index (χ0n) is 21.2. The monoisotopic (exact) mass is 455 g/mol. The van der Waals surface area contributed by atoms with Crippen molar-refractivity contribution in [2.24, 2.45) is 22.2 Å². The van der Waals surface area contributed by atoms with Gasteiger partial charge in [-0.05, 0) is 68.3 Å². The molecule has 0 radical (unpaired) electrons. The van der Waals surface area contributed by atoms with Gasteiger partial charge in [0.1, 0.15) is 17.5 Å². The highest BCUT2D eigenvalue weighted by Crippen LogP contribution is 2.70. The smallest absolute Gasteiger partial charge is 0.136 e. The van der Waals surface area contributed by atoms with E-state index in [0.29, 0.717) is 16.9 Å². The van der Waals surface area contributed by atoms with E-state index in [1.807, 2.05) is 44.2 Å². The fourth-order valence-corrected chi connectivity index (χ4v) is 5.84. The molecule has 3 aliphatic carbocycles. The molecule has 178 valence electrons. The van der Waals surface area contributed by atoms with Gasteiger partial charge < -0.3 is 15.6 Å². The Morgan fingerprint density at radius 3 is 2.47 bits per heavy atom. The summed E-state index contributed by atoms with van der Waals surface area (Å²) in [6, 6.07) is 10.4. The van der Waals surface area contributed by atoms with E-state index in [1.165, 1.54) is 38.3 Å². The van der Waals surface area contributed by atoms with Gasteiger partial charge in [0.15, 0.2) is 0 Å². The molecule has 5 heteroatoms. The summed E-state index contributed by atoms with van der Waals surface area (Å²) in [5.41, 5.74) is 3.27. The van der Waals surface area contributed by atoms with Crippen LogP contribution < -0.4 is 10.2 Å². The van der Waals surface area contributed by atoms with E-state index < -0.39 is 0 Å². The molecule has 1 aromatic carbocycles. The molecule has 7 rings (SSSR count). The van der Waals surface area contributed by atoms with Crippen LogP contribution in [0.2, 0.25) is 0 Å². The normalized spacial score (nSPS) is 27.0. The number of nitrogens with one attached hydrogen (secondary N) is 2. The zero-order valence-corrected chi connectivity index (χ0v) is 21.2. The highest BCUT2D eigenvalue weighted by Gasteiger charge is 2.62. The van der Waals surface area contributed by atoms with Crippen LogP contribution in [0, 0.1) is 46.3 Å². The van der Waals surface area contributed by atoms with Crippen molar-refractivity contribution in [3.8, 4) is 11.8 Å². The molecule has 5 nitrogen and oxygen atoms in total. The maximum Gasteiger partial charge on any atom is 0.136 e. The van der Waals surface area contributed by atoms with E-state index in [2.05, 4.69) is 47.8 Å². The van der Waals surface area contributed by atoms with Gasteiger partial charge in [0.25, 0.3) is 0 Å². The third-order valence-corrected chi connectivity index (χ3v) is 8.66. The molecule has 2 aliphatic heterocycles. The fourth-order valence-electron chi connectivity index (χ4n) is 5.84. The van der Waals surface area contributed by atoms with Crippen LogP contribution >= 0.6 is 0 Å². The Balaban J connectivity index is 0.000000252. The number of hydrogen-bond donors (Lipinski definition) is 2. The topological polar surface area (TPSA) is 64.9 Å². The third-order valence-electron chi connectivity index (χ3n) is 8.66. The Hall–Kier alpha value is -2.87. The second-order valence-electron chi connectivity index (χ2n) is 11.7. The molecule has 3 saturated carbocycles. The quantitative estimate of drug-likeness (QED) is 0.416. The number of fused-ring (bicyclic) bond motifs is 1. The molecule has 5 aliphatic rings. The molecule has 1 atom stereocenters. The number of aromatic nitrogens is 2. The van der Waals surface area contributed by atoms with Gasteiger partial charge in [-0.1, -0.05) is 44.9 Å². The molecule has 1 spiro atoms. The van der Waals surface area contributed by atoms with Crippen LogP contribution in [-0.2, 0) is 0 Å². The standard InChI is InChI=1S/C21H27N5.C8H10/c1-14-23-18(25-17-8-6-5-7-15(17)12-22)9-19(24-14)26-13-21(20(2,3)4)10-16(26)11-21;1-2-3-7-6-8(7)4-5-8/h5-9,12,16,22H,10-11,13H2,1-4H3,(H,23,24,25);7H,4-6H2,1H3. The molecular weight excluding hydrogens is 418 g/mol. The van der Waals surface area contributed by atoms with Crippen molar-refractivity contribution in [2.45, 2.75) is 72.8 Å². The lowest BCUT2D eigenvalue weighted by Gasteiger charge is -2.47.